The summed E-state index contributed by atoms with van der Waals surface area (Å²) in [7, 11) is 1.66. The Morgan fingerprint density at radius 2 is 2.20 bits per heavy atom. The Balaban J connectivity index is 1.95. The van der Waals surface area contributed by atoms with Crippen molar-refractivity contribution in [2.24, 2.45) is 11.0 Å². The van der Waals surface area contributed by atoms with Crippen molar-refractivity contribution < 1.29 is 4.74 Å². The normalized spacial score (nSPS) is 19.4. The van der Waals surface area contributed by atoms with Gasteiger partial charge in [0, 0.05) is 26.0 Å². The van der Waals surface area contributed by atoms with E-state index in [1.807, 2.05) is 24.3 Å². The van der Waals surface area contributed by atoms with Crippen LogP contribution in [0.4, 0.5) is 5.95 Å². The summed E-state index contributed by atoms with van der Waals surface area (Å²) in [6.45, 7) is 3.36. The molecule has 6 nitrogen and oxygen atoms in total. The summed E-state index contributed by atoms with van der Waals surface area (Å²) in [4.78, 5) is 17.5. The second kappa shape index (κ2) is 8.25. The Bertz CT molecular complexity index is 813. The lowest BCUT2D eigenvalue weighted by molar-refractivity contribution is 0.190. The van der Waals surface area contributed by atoms with Crippen molar-refractivity contribution in [3.05, 3.63) is 34.6 Å². The van der Waals surface area contributed by atoms with E-state index in [9.17, 15) is 4.79 Å². The first-order valence-corrected chi connectivity index (χ1v) is 9.01. The molecule has 1 N–H and O–H groups in total. The summed E-state index contributed by atoms with van der Waals surface area (Å²) < 4.78 is 6.78. The van der Waals surface area contributed by atoms with E-state index in [1.165, 1.54) is 19.3 Å². The minimum atomic E-state index is -0.0407. The number of benzene rings is 1. The van der Waals surface area contributed by atoms with Crippen LogP contribution in [0.5, 0.6) is 0 Å². The Morgan fingerprint density at radius 1 is 1.36 bits per heavy atom. The van der Waals surface area contributed by atoms with Crippen LogP contribution in [0.1, 0.15) is 39.0 Å². The molecule has 1 saturated carbocycles. The van der Waals surface area contributed by atoms with Crippen LogP contribution in [0.15, 0.2) is 34.2 Å². The quantitative estimate of drug-likeness (QED) is 0.645. The number of para-hydroxylation sites is 1. The molecular weight excluding hydrogens is 316 g/mol. The van der Waals surface area contributed by atoms with Crippen LogP contribution in [-0.4, -0.2) is 29.0 Å². The predicted molar refractivity (Wildman–Crippen MR) is 101 cm³/mol. The fourth-order valence-corrected chi connectivity index (χ4v) is 3.29. The maximum absolute atomic E-state index is 12.9. The van der Waals surface area contributed by atoms with Gasteiger partial charge >= 0.3 is 0 Å². The van der Waals surface area contributed by atoms with Crippen molar-refractivity contribution in [3.63, 3.8) is 0 Å². The molecule has 0 saturated heterocycles. The molecular formula is C19H26N4O2. The first kappa shape index (κ1) is 17.6. The lowest BCUT2D eigenvalue weighted by atomic mass is 9.89. The Morgan fingerprint density at radius 3 is 3.00 bits per heavy atom. The van der Waals surface area contributed by atoms with Gasteiger partial charge in [-0.3, -0.25) is 9.36 Å². The highest BCUT2D eigenvalue weighted by Gasteiger charge is 2.16. The van der Waals surface area contributed by atoms with E-state index in [0.29, 0.717) is 35.9 Å². The number of rotatable bonds is 6. The summed E-state index contributed by atoms with van der Waals surface area (Å²) in [6.07, 6.45) is 5.37. The van der Waals surface area contributed by atoms with Crippen LogP contribution in [0.2, 0.25) is 0 Å². The molecule has 0 bridgehead atoms. The summed E-state index contributed by atoms with van der Waals surface area (Å²) in [5, 5.41) is 5.21. The lowest BCUT2D eigenvalue weighted by Crippen LogP contribution is -2.26. The van der Waals surface area contributed by atoms with Crippen LogP contribution >= 0.6 is 0 Å². The van der Waals surface area contributed by atoms with Gasteiger partial charge in [0.25, 0.3) is 5.56 Å². The highest BCUT2D eigenvalue weighted by Crippen LogP contribution is 2.21. The monoisotopic (exact) mass is 342 g/mol. The van der Waals surface area contributed by atoms with Crippen molar-refractivity contribution in [2.45, 2.75) is 45.6 Å². The van der Waals surface area contributed by atoms with Gasteiger partial charge in [-0.05, 0) is 43.7 Å². The van der Waals surface area contributed by atoms with E-state index in [0.717, 1.165) is 18.6 Å². The molecule has 0 spiro atoms. The van der Waals surface area contributed by atoms with Crippen LogP contribution in [0, 0.1) is 5.92 Å². The third-order valence-electron chi connectivity index (χ3n) is 4.78. The third-order valence-corrected chi connectivity index (χ3v) is 4.78. The molecule has 1 aromatic heterocycles. The molecule has 1 heterocycles. The van der Waals surface area contributed by atoms with Crippen LogP contribution in [-0.2, 0) is 11.3 Å². The van der Waals surface area contributed by atoms with Crippen molar-refractivity contribution in [1.82, 2.24) is 9.55 Å². The van der Waals surface area contributed by atoms with E-state index >= 15 is 0 Å². The highest BCUT2D eigenvalue weighted by molar-refractivity contribution is 5.87. The fourth-order valence-electron chi connectivity index (χ4n) is 3.29. The van der Waals surface area contributed by atoms with Gasteiger partial charge in [0.2, 0.25) is 5.95 Å². The van der Waals surface area contributed by atoms with E-state index < -0.39 is 0 Å². The molecule has 1 atom stereocenters. The first-order valence-electron chi connectivity index (χ1n) is 9.01. The zero-order valence-electron chi connectivity index (χ0n) is 15.0. The molecule has 3 rings (SSSR count). The average molecular weight is 342 g/mol. The largest absolute Gasteiger partial charge is 0.385 e. The number of hydrogen-bond donors (Lipinski definition) is 1. The van der Waals surface area contributed by atoms with Crippen LogP contribution < -0.4 is 11.0 Å². The lowest BCUT2D eigenvalue weighted by Gasteiger charge is -2.20. The number of aromatic nitrogens is 2. The van der Waals surface area contributed by atoms with E-state index in [2.05, 4.69) is 22.4 Å². The number of hydrazone groups is 1. The van der Waals surface area contributed by atoms with Gasteiger partial charge in [-0.1, -0.05) is 25.5 Å². The van der Waals surface area contributed by atoms with Crippen LogP contribution in [0.25, 0.3) is 10.9 Å². The van der Waals surface area contributed by atoms with E-state index in [4.69, 9.17) is 4.74 Å². The highest BCUT2D eigenvalue weighted by atomic mass is 16.5. The molecule has 1 fully saturated rings. The minimum Gasteiger partial charge on any atom is -0.385 e. The smallest absolute Gasteiger partial charge is 0.262 e. The van der Waals surface area contributed by atoms with Crippen molar-refractivity contribution >= 4 is 22.6 Å². The van der Waals surface area contributed by atoms with E-state index in [-0.39, 0.29) is 5.56 Å². The van der Waals surface area contributed by atoms with E-state index in [1.54, 1.807) is 11.7 Å². The molecule has 0 unspecified atom stereocenters. The zero-order valence-corrected chi connectivity index (χ0v) is 15.0. The molecule has 134 valence electrons. The van der Waals surface area contributed by atoms with Gasteiger partial charge in [0.1, 0.15) is 0 Å². The fraction of sp³-hybridized carbons (Fsp3) is 0.526. The number of ether oxygens (including phenoxy) is 1. The summed E-state index contributed by atoms with van der Waals surface area (Å²) >= 11 is 0. The number of nitrogens with one attached hydrogen (secondary N) is 1. The average Bonchev–Trinajstić information content (AvgIpc) is 2.63. The minimum absolute atomic E-state index is 0.0407. The molecule has 25 heavy (non-hydrogen) atoms. The number of methoxy groups -OCH3 is 1. The molecule has 0 amide bonds. The van der Waals surface area contributed by atoms with Gasteiger partial charge in [0.15, 0.2) is 0 Å². The summed E-state index contributed by atoms with van der Waals surface area (Å²) in [6, 6.07) is 7.43. The van der Waals surface area contributed by atoms with Crippen molar-refractivity contribution in [1.29, 1.82) is 0 Å². The number of nitrogens with zero attached hydrogens (tertiary/aromatic N) is 3. The molecule has 2 aromatic rings. The third kappa shape index (κ3) is 4.07. The predicted octanol–water partition coefficient (Wildman–Crippen LogP) is 3.41. The maximum Gasteiger partial charge on any atom is 0.262 e. The Labute approximate surface area is 147 Å². The summed E-state index contributed by atoms with van der Waals surface area (Å²) in [5.74, 6) is 0.987. The number of fused-ring (bicyclic) bond motifs is 1. The molecule has 0 radical (unpaired) electrons. The Kier molecular flexibility index (Phi) is 5.81. The van der Waals surface area contributed by atoms with Crippen molar-refractivity contribution in [3.8, 4) is 0 Å². The zero-order chi connectivity index (χ0) is 17.6. The summed E-state index contributed by atoms with van der Waals surface area (Å²) in [5.41, 5.74) is 4.89. The molecule has 6 heteroatoms. The van der Waals surface area contributed by atoms with Gasteiger partial charge in [-0.2, -0.15) is 5.10 Å². The van der Waals surface area contributed by atoms with Crippen molar-refractivity contribution in [2.75, 3.05) is 19.1 Å². The molecule has 1 aliphatic rings. The maximum atomic E-state index is 12.9. The van der Waals surface area contributed by atoms with Gasteiger partial charge in [0.05, 0.1) is 10.9 Å². The number of hydrogen-bond acceptors (Lipinski definition) is 5. The number of anilines is 1. The van der Waals surface area contributed by atoms with Crippen LogP contribution in [0.3, 0.4) is 0 Å². The second-order valence-corrected chi connectivity index (χ2v) is 6.62. The van der Waals surface area contributed by atoms with Gasteiger partial charge in [-0.25, -0.2) is 10.4 Å². The second-order valence-electron chi connectivity index (χ2n) is 6.62. The van der Waals surface area contributed by atoms with Gasteiger partial charge in [-0.15, -0.1) is 0 Å². The molecule has 1 aromatic carbocycles. The SMILES string of the molecule is COCCCn1c(N/N=C2/CCCC[C@@H]2C)nc2ccccc2c1=O. The topological polar surface area (TPSA) is 68.5 Å². The Hall–Kier alpha value is -2.21. The standard InChI is InChI=1S/C19H26N4O2/c1-14-8-3-5-10-16(14)21-22-19-20-17-11-6-4-9-15(17)18(24)23(19)12-7-13-25-2/h4,6,9,11,14H,3,5,7-8,10,12-13H2,1-2H3,(H,20,22)/b21-16-/t14-/m0/s1. The first-order chi connectivity index (χ1) is 12.2. The molecule has 0 aliphatic heterocycles. The van der Waals surface area contributed by atoms with Gasteiger partial charge < -0.3 is 4.74 Å². The molecule has 1 aliphatic carbocycles.